The average molecular weight is 396 g/mol. The van der Waals surface area contributed by atoms with Crippen LogP contribution in [0.3, 0.4) is 0 Å². The van der Waals surface area contributed by atoms with Gasteiger partial charge in [0.15, 0.2) is 0 Å². The third-order valence-corrected chi connectivity index (χ3v) is 3.25. The van der Waals surface area contributed by atoms with Crippen LogP contribution in [0.25, 0.3) is 0 Å². The standard InChI is InChI=1S/C15H7F7N2O3/c16-11-2-1-10(6-12(11)24(26)27)23-13(25)7-3-8(14(17,18)19)5-9(4-7)15(20,21)22/h1-6H,(H,23,25). The maximum Gasteiger partial charge on any atom is 0.416 e. The van der Waals surface area contributed by atoms with Crippen LogP contribution in [0.1, 0.15) is 21.5 Å². The Hall–Kier alpha value is -3.18. The molecule has 0 aliphatic rings. The van der Waals surface area contributed by atoms with E-state index in [2.05, 4.69) is 0 Å². The number of halogens is 7. The third-order valence-electron chi connectivity index (χ3n) is 3.25. The number of anilines is 1. The van der Waals surface area contributed by atoms with Crippen LogP contribution in [0.15, 0.2) is 36.4 Å². The van der Waals surface area contributed by atoms with Crippen molar-refractivity contribution in [2.24, 2.45) is 0 Å². The number of benzene rings is 2. The Bertz CT molecular complexity index is 875. The van der Waals surface area contributed by atoms with Crippen LogP contribution < -0.4 is 5.32 Å². The van der Waals surface area contributed by atoms with Gasteiger partial charge in [0, 0.05) is 17.3 Å². The molecule has 27 heavy (non-hydrogen) atoms. The first kappa shape index (κ1) is 20.1. The average Bonchev–Trinajstić information content (AvgIpc) is 2.54. The number of hydrogen-bond donors (Lipinski definition) is 1. The zero-order valence-corrected chi connectivity index (χ0v) is 12.8. The van der Waals surface area contributed by atoms with E-state index in [4.69, 9.17) is 0 Å². The summed E-state index contributed by atoms with van der Waals surface area (Å²) in [5.74, 6) is -2.64. The van der Waals surface area contributed by atoms with Gasteiger partial charge in [-0.15, -0.1) is 0 Å². The number of amides is 1. The van der Waals surface area contributed by atoms with Gasteiger partial charge in [0.05, 0.1) is 16.1 Å². The molecule has 0 atom stereocenters. The second-order valence-electron chi connectivity index (χ2n) is 5.17. The van der Waals surface area contributed by atoms with E-state index in [-0.39, 0.29) is 23.9 Å². The van der Waals surface area contributed by atoms with Crippen LogP contribution in [0, 0.1) is 15.9 Å². The van der Waals surface area contributed by atoms with Crippen molar-refractivity contribution in [2.45, 2.75) is 12.4 Å². The van der Waals surface area contributed by atoms with E-state index in [0.29, 0.717) is 12.1 Å². The van der Waals surface area contributed by atoms with Crippen molar-refractivity contribution in [1.29, 1.82) is 0 Å². The molecule has 5 nitrogen and oxygen atoms in total. The summed E-state index contributed by atoms with van der Waals surface area (Å²) in [6, 6.07) is 2.29. The summed E-state index contributed by atoms with van der Waals surface area (Å²) in [6.45, 7) is 0. The number of nitro groups is 1. The lowest BCUT2D eigenvalue weighted by Crippen LogP contribution is -2.17. The molecule has 1 amide bonds. The van der Waals surface area contributed by atoms with Gasteiger partial charge in [0.25, 0.3) is 5.91 Å². The first-order chi connectivity index (χ1) is 12.3. The van der Waals surface area contributed by atoms with E-state index >= 15 is 0 Å². The number of rotatable bonds is 3. The Morgan fingerprint density at radius 3 is 1.89 bits per heavy atom. The van der Waals surface area contributed by atoms with Gasteiger partial charge >= 0.3 is 18.0 Å². The quantitative estimate of drug-likeness (QED) is 0.450. The largest absolute Gasteiger partial charge is 0.416 e. The van der Waals surface area contributed by atoms with Gasteiger partial charge in [0.1, 0.15) is 0 Å². The molecule has 144 valence electrons. The molecule has 0 heterocycles. The number of alkyl halides is 6. The molecule has 0 saturated carbocycles. The van der Waals surface area contributed by atoms with E-state index in [1.807, 2.05) is 5.32 Å². The van der Waals surface area contributed by atoms with Crippen LogP contribution in [0.4, 0.5) is 42.1 Å². The fourth-order valence-electron chi connectivity index (χ4n) is 2.02. The second kappa shape index (κ2) is 6.85. The highest BCUT2D eigenvalue weighted by molar-refractivity contribution is 6.04. The smallest absolute Gasteiger partial charge is 0.322 e. The highest BCUT2D eigenvalue weighted by Crippen LogP contribution is 2.36. The second-order valence-corrected chi connectivity index (χ2v) is 5.17. The molecule has 0 unspecified atom stereocenters. The first-order valence-corrected chi connectivity index (χ1v) is 6.84. The van der Waals surface area contributed by atoms with Gasteiger partial charge in [-0.1, -0.05) is 0 Å². The maximum atomic E-state index is 13.2. The van der Waals surface area contributed by atoms with Crippen molar-refractivity contribution < 1.29 is 40.5 Å². The Morgan fingerprint density at radius 1 is 0.926 bits per heavy atom. The van der Waals surface area contributed by atoms with E-state index in [9.17, 15) is 45.6 Å². The minimum Gasteiger partial charge on any atom is -0.322 e. The molecule has 0 radical (unpaired) electrons. The molecular formula is C15H7F7N2O3. The van der Waals surface area contributed by atoms with Gasteiger partial charge in [0.2, 0.25) is 5.82 Å². The Balaban J connectivity index is 2.44. The van der Waals surface area contributed by atoms with Crippen molar-refractivity contribution in [2.75, 3.05) is 5.32 Å². The summed E-state index contributed by atoms with van der Waals surface area (Å²) >= 11 is 0. The number of nitrogens with zero attached hydrogens (tertiary/aromatic N) is 1. The highest BCUT2D eigenvalue weighted by atomic mass is 19.4. The molecule has 2 aromatic carbocycles. The summed E-state index contributed by atoms with van der Waals surface area (Å²) < 4.78 is 90.0. The van der Waals surface area contributed by atoms with Crippen molar-refractivity contribution in [3.63, 3.8) is 0 Å². The van der Waals surface area contributed by atoms with E-state index in [1.54, 1.807) is 0 Å². The lowest BCUT2D eigenvalue weighted by Gasteiger charge is -2.14. The molecule has 0 bridgehead atoms. The monoisotopic (exact) mass is 396 g/mol. The van der Waals surface area contributed by atoms with Crippen molar-refractivity contribution in [1.82, 2.24) is 0 Å². The minimum absolute atomic E-state index is 0.153. The van der Waals surface area contributed by atoms with Crippen molar-refractivity contribution >= 4 is 17.3 Å². The Kier molecular flexibility index (Phi) is 5.11. The molecule has 0 saturated heterocycles. The highest BCUT2D eigenvalue weighted by Gasteiger charge is 2.37. The molecule has 12 heteroatoms. The van der Waals surface area contributed by atoms with Crippen molar-refractivity contribution in [3.05, 3.63) is 69.0 Å². The number of nitro benzene ring substituents is 1. The van der Waals surface area contributed by atoms with Gasteiger partial charge in [-0.2, -0.15) is 30.7 Å². The summed E-state index contributed by atoms with van der Waals surface area (Å²) in [6.07, 6.45) is -10.3. The fourth-order valence-corrected chi connectivity index (χ4v) is 2.02. The fraction of sp³-hybridized carbons (Fsp3) is 0.133. The molecule has 0 spiro atoms. The predicted molar refractivity (Wildman–Crippen MR) is 77.5 cm³/mol. The maximum absolute atomic E-state index is 13.2. The molecule has 0 fully saturated rings. The van der Waals surface area contributed by atoms with Gasteiger partial charge in [-0.05, 0) is 30.3 Å². The normalized spacial score (nSPS) is 12.0. The number of carbonyl (C=O) groups is 1. The van der Waals surface area contributed by atoms with Crippen molar-refractivity contribution in [3.8, 4) is 0 Å². The molecule has 1 N–H and O–H groups in total. The first-order valence-electron chi connectivity index (χ1n) is 6.84. The van der Waals surface area contributed by atoms with Crippen LogP contribution in [-0.2, 0) is 12.4 Å². The van der Waals surface area contributed by atoms with Crippen LogP contribution in [-0.4, -0.2) is 10.8 Å². The molecule has 0 aromatic heterocycles. The topological polar surface area (TPSA) is 72.2 Å². The summed E-state index contributed by atoms with van der Waals surface area (Å²) in [4.78, 5) is 21.6. The molecule has 0 aliphatic carbocycles. The summed E-state index contributed by atoms with van der Waals surface area (Å²) in [7, 11) is 0. The molecule has 0 aliphatic heterocycles. The lowest BCUT2D eigenvalue weighted by molar-refractivity contribution is -0.387. The third kappa shape index (κ3) is 4.71. The zero-order valence-electron chi connectivity index (χ0n) is 12.8. The molecule has 2 aromatic rings. The minimum atomic E-state index is -5.15. The van der Waals surface area contributed by atoms with Gasteiger partial charge in [-0.3, -0.25) is 14.9 Å². The van der Waals surface area contributed by atoms with E-state index < -0.39 is 51.4 Å². The van der Waals surface area contributed by atoms with Gasteiger partial charge < -0.3 is 5.32 Å². The lowest BCUT2D eigenvalue weighted by atomic mass is 10.0. The number of carbonyl (C=O) groups excluding carboxylic acids is 1. The summed E-state index contributed by atoms with van der Waals surface area (Å²) in [5, 5.41) is 12.5. The van der Waals surface area contributed by atoms with Crippen LogP contribution in [0.2, 0.25) is 0 Å². The number of nitrogens with one attached hydrogen (secondary N) is 1. The van der Waals surface area contributed by atoms with E-state index in [1.165, 1.54) is 0 Å². The number of hydrogen-bond acceptors (Lipinski definition) is 3. The predicted octanol–water partition coefficient (Wildman–Crippen LogP) is 5.02. The van der Waals surface area contributed by atoms with Crippen LogP contribution in [0.5, 0.6) is 0 Å². The molecule has 2 rings (SSSR count). The van der Waals surface area contributed by atoms with Gasteiger partial charge in [-0.25, -0.2) is 0 Å². The summed E-state index contributed by atoms with van der Waals surface area (Å²) in [5.41, 5.74) is -5.81. The Labute approximate surface area is 145 Å². The Morgan fingerprint density at radius 2 is 1.44 bits per heavy atom. The molecular weight excluding hydrogens is 389 g/mol. The van der Waals surface area contributed by atoms with Crippen LogP contribution >= 0.6 is 0 Å². The zero-order chi connectivity index (χ0) is 20.6. The SMILES string of the molecule is O=C(Nc1ccc(F)c([N+](=O)[O-])c1)c1cc(C(F)(F)F)cc(C(F)(F)F)c1. The van der Waals surface area contributed by atoms with E-state index in [0.717, 1.165) is 6.07 Å².